The molecule has 0 unspecified atom stereocenters. The lowest BCUT2D eigenvalue weighted by atomic mass is 9.82. The van der Waals surface area contributed by atoms with Crippen LogP contribution in [-0.4, -0.2) is 53.8 Å². The number of rotatable bonds is 5. The third kappa shape index (κ3) is 4.35. The Hall–Kier alpha value is -3.10. The van der Waals surface area contributed by atoms with Crippen LogP contribution in [0.15, 0.2) is 24.3 Å². The second kappa shape index (κ2) is 8.56. The molecule has 1 aromatic carbocycles. The van der Waals surface area contributed by atoms with Gasteiger partial charge in [-0.1, -0.05) is 19.3 Å². The van der Waals surface area contributed by atoms with Crippen molar-refractivity contribution in [1.29, 1.82) is 0 Å². The smallest absolute Gasteiger partial charge is 0.325 e. The van der Waals surface area contributed by atoms with Crippen LogP contribution in [0.1, 0.15) is 44.9 Å². The quantitative estimate of drug-likeness (QED) is 0.616. The van der Waals surface area contributed by atoms with Gasteiger partial charge in [-0.15, -0.1) is 0 Å². The predicted octanol–water partition coefficient (Wildman–Crippen LogP) is 1.58. The molecule has 0 bridgehead atoms. The summed E-state index contributed by atoms with van der Waals surface area (Å²) in [5.41, 5.74) is 6.17. The first-order chi connectivity index (χ1) is 14.9. The van der Waals surface area contributed by atoms with Crippen molar-refractivity contribution >= 4 is 35.1 Å². The molecule has 2 heterocycles. The van der Waals surface area contributed by atoms with Gasteiger partial charge in [0.1, 0.15) is 12.1 Å². The number of imide groups is 1. The summed E-state index contributed by atoms with van der Waals surface area (Å²) in [6, 6.07) is 6.91. The number of amides is 5. The van der Waals surface area contributed by atoms with E-state index < -0.39 is 17.5 Å². The summed E-state index contributed by atoms with van der Waals surface area (Å²) in [5.74, 6) is -1.00. The monoisotopic (exact) mass is 427 g/mol. The summed E-state index contributed by atoms with van der Waals surface area (Å²) in [6.45, 7) is 1.22. The molecule has 0 radical (unpaired) electrons. The molecule has 4 rings (SSSR count). The molecule has 3 aliphatic rings. The number of nitrogens with zero attached hydrogens (tertiary/aromatic N) is 2. The van der Waals surface area contributed by atoms with E-state index in [4.69, 9.17) is 5.73 Å². The first-order valence-electron chi connectivity index (χ1n) is 11.0. The van der Waals surface area contributed by atoms with E-state index >= 15 is 0 Å². The minimum atomic E-state index is -0.820. The highest BCUT2D eigenvalue weighted by molar-refractivity contribution is 6.10. The Bertz CT molecular complexity index is 870. The molecule has 4 N–H and O–H groups in total. The van der Waals surface area contributed by atoms with E-state index in [0.717, 1.165) is 55.8 Å². The Labute approximate surface area is 181 Å². The van der Waals surface area contributed by atoms with Gasteiger partial charge < -0.3 is 21.3 Å². The van der Waals surface area contributed by atoms with Crippen LogP contribution in [0.5, 0.6) is 0 Å². The van der Waals surface area contributed by atoms with E-state index in [2.05, 4.69) is 15.5 Å². The van der Waals surface area contributed by atoms with Crippen LogP contribution in [0.25, 0.3) is 0 Å². The van der Waals surface area contributed by atoms with Crippen LogP contribution >= 0.6 is 0 Å². The zero-order valence-electron chi connectivity index (χ0n) is 17.6. The van der Waals surface area contributed by atoms with Gasteiger partial charge in [-0.05, 0) is 49.9 Å². The van der Waals surface area contributed by atoms with Crippen molar-refractivity contribution < 1.29 is 19.2 Å². The highest BCUT2D eigenvalue weighted by atomic mass is 16.2. The molecule has 31 heavy (non-hydrogen) atoms. The molecule has 9 heteroatoms. The summed E-state index contributed by atoms with van der Waals surface area (Å²) < 4.78 is 0. The number of urea groups is 1. The van der Waals surface area contributed by atoms with Crippen LogP contribution < -0.4 is 21.3 Å². The average molecular weight is 428 g/mol. The minimum Gasteiger partial charge on any atom is -0.371 e. The second-order valence-electron chi connectivity index (χ2n) is 8.72. The maximum absolute atomic E-state index is 12.8. The second-order valence-corrected chi connectivity index (χ2v) is 8.72. The van der Waals surface area contributed by atoms with Crippen LogP contribution in [-0.2, 0) is 14.4 Å². The largest absolute Gasteiger partial charge is 0.371 e. The molecule has 2 aliphatic heterocycles. The Kier molecular flexibility index (Phi) is 5.84. The van der Waals surface area contributed by atoms with Crippen molar-refractivity contribution in [3.05, 3.63) is 24.3 Å². The number of primary amides is 1. The number of anilines is 2. The van der Waals surface area contributed by atoms with Crippen molar-refractivity contribution in [2.45, 2.75) is 50.5 Å². The SMILES string of the molecule is NC(=O)C1CCN(c2ccc(NC(=O)CN3C(=O)NC4(CCCCC4)C3=O)cc2)CC1. The van der Waals surface area contributed by atoms with Gasteiger partial charge in [-0.2, -0.15) is 0 Å². The summed E-state index contributed by atoms with van der Waals surface area (Å²) in [4.78, 5) is 52.1. The van der Waals surface area contributed by atoms with E-state index in [9.17, 15) is 19.2 Å². The van der Waals surface area contributed by atoms with Crippen LogP contribution in [0.4, 0.5) is 16.2 Å². The molecule has 0 atom stereocenters. The van der Waals surface area contributed by atoms with Gasteiger partial charge in [0, 0.05) is 30.4 Å². The zero-order chi connectivity index (χ0) is 22.0. The van der Waals surface area contributed by atoms with E-state index in [1.807, 2.05) is 12.1 Å². The lowest BCUT2D eigenvalue weighted by molar-refractivity contribution is -0.134. The molecule has 1 aromatic rings. The molecule has 9 nitrogen and oxygen atoms in total. The van der Waals surface area contributed by atoms with Gasteiger partial charge in [0.05, 0.1) is 0 Å². The average Bonchev–Trinajstić information content (AvgIpc) is 2.98. The summed E-state index contributed by atoms with van der Waals surface area (Å²) in [7, 11) is 0. The topological polar surface area (TPSA) is 125 Å². The third-order valence-electron chi connectivity index (χ3n) is 6.67. The van der Waals surface area contributed by atoms with Crippen molar-refractivity contribution in [2.75, 3.05) is 29.9 Å². The van der Waals surface area contributed by atoms with E-state index in [0.29, 0.717) is 18.5 Å². The summed E-state index contributed by atoms with van der Waals surface area (Å²) in [6.07, 6.45) is 5.60. The standard InChI is InChI=1S/C22H29N5O4/c23-19(29)15-8-12-26(13-9-15)17-6-4-16(5-7-17)24-18(28)14-27-20(30)22(25-21(27)31)10-2-1-3-11-22/h4-7,15H,1-3,8-14H2,(H2,23,29)(H,24,28)(H,25,31). The fourth-order valence-corrected chi connectivity index (χ4v) is 4.84. The molecule has 1 saturated carbocycles. The minimum absolute atomic E-state index is 0.0620. The number of carbonyl (C=O) groups excluding carboxylic acids is 4. The van der Waals surface area contributed by atoms with Gasteiger partial charge in [-0.3, -0.25) is 19.3 Å². The number of nitrogens with one attached hydrogen (secondary N) is 2. The Morgan fingerprint density at radius 1 is 1.06 bits per heavy atom. The number of hydrogen-bond acceptors (Lipinski definition) is 5. The number of piperidine rings is 1. The molecule has 166 valence electrons. The lowest BCUT2D eigenvalue weighted by Gasteiger charge is -2.32. The van der Waals surface area contributed by atoms with Gasteiger partial charge in [0.2, 0.25) is 11.8 Å². The van der Waals surface area contributed by atoms with E-state index in [1.165, 1.54) is 0 Å². The number of hydrogen-bond donors (Lipinski definition) is 3. The van der Waals surface area contributed by atoms with E-state index in [1.54, 1.807) is 12.1 Å². The first-order valence-corrected chi connectivity index (χ1v) is 11.0. The van der Waals surface area contributed by atoms with Crippen molar-refractivity contribution in [3.63, 3.8) is 0 Å². The molecule has 2 saturated heterocycles. The predicted molar refractivity (Wildman–Crippen MR) is 115 cm³/mol. The Balaban J connectivity index is 1.31. The molecule has 3 fully saturated rings. The highest BCUT2D eigenvalue weighted by Crippen LogP contribution is 2.33. The maximum Gasteiger partial charge on any atom is 0.325 e. The van der Waals surface area contributed by atoms with Gasteiger partial charge in [0.15, 0.2) is 0 Å². The number of nitrogens with two attached hydrogens (primary N) is 1. The van der Waals surface area contributed by atoms with Crippen LogP contribution in [0.3, 0.4) is 0 Å². The zero-order valence-corrected chi connectivity index (χ0v) is 17.6. The summed E-state index contributed by atoms with van der Waals surface area (Å²) in [5, 5.41) is 5.58. The van der Waals surface area contributed by atoms with E-state index in [-0.39, 0.29) is 24.3 Å². The van der Waals surface area contributed by atoms with Crippen molar-refractivity contribution in [2.24, 2.45) is 11.7 Å². The molecule has 1 spiro atoms. The molecule has 5 amide bonds. The van der Waals surface area contributed by atoms with Crippen LogP contribution in [0.2, 0.25) is 0 Å². The maximum atomic E-state index is 12.8. The van der Waals surface area contributed by atoms with Gasteiger partial charge >= 0.3 is 6.03 Å². The summed E-state index contributed by atoms with van der Waals surface area (Å²) >= 11 is 0. The normalized spacial score (nSPS) is 21.3. The number of benzene rings is 1. The van der Waals surface area contributed by atoms with Crippen molar-refractivity contribution in [1.82, 2.24) is 10.2 Å². The fraction of sp³-hybridized carbons (Fsp3) is 0.545. The Morgan fingerprint density at radius 3 is 2.32 bits per heavy atom. The fourth-order valence-electron chi connectivity index (χ4n) is 4.84. The molecular weight excluding hydrogens is 398 g/mol. The highest BCUT2D eigenvalue weighted by Gasteiger charge is 2.51. The van der Waals surface area contributed by atoms with Gasteiger partial charge in [0.25, 0.3) is 5.91 Å². The molecular formula is C22H29N5O4. The third-order valence-corrected chi connectivity index (χ3v) is 6.67. The van der Waals surface area contributed by atoms with Gasteiger partial charge in [-0.25, -0.2) is 4.79 Å². The van der Waals surface area contributed by atoms with Crippen molar-refractivity contribution in [3.8, 4) is 0 Å². The lowest BCUT2D eigenvalue weighted by Crippen LogP contribution is -2.48. The first kappa shape index (κ1) is 21.1. The Morgan fingerprint density at radius 2 is 1.71 bits per heavy atom. The van der Waals surface area contributed by atoms with Crippen LogP contribution in [0, 0.1) is 5.92 Å². The molecule has 0 aromatic heterocycles. The number of carbonyl (C=O) groups is 4. The molecule has 1 aliphatic carbocycles.